The first-order chi connectivity index (χ1) is 10.8. The van der Waals surface area contributed by atoms with Gasteiger partial charge in [-0.2, -0.15) is 0 Å². The lowest BCUT2D eigenvalue weighted by atomic mass is 9.77. The topological polar surface area (TPSA) is 0 Å². The molecule has 0 aromatic rings. The third-order valence-electron chi connectivity index (χ3n) is 6.63. The van der Waals surface area contributed by atoms with Gasteiger partial charge in [0.15, 0.2) is 0 Å². The Balaban J connectivity index is 1.47. The second-order valence-corrected chi connectivity index (χ2v) is 8.33. The van der Waals surface area contributed by atoms with E-state index in [0.29, 0.717) is 0 Å². The number of unbranched alkanes of at least 4 members (excludes halogenated alkanes) is 2. The Kier molecular flexibility index (Phi) is 8.63. The van der Waals surface area contributed by atoms with E-state index >= 15 is 0 Å². The standard InChI is InChI=1S/C22H40/c1-3-5-8-20-15-17-22(18-16-20)10-7-6-9-21-13-11-19(4-2)12-14-21/h4,19-22H,2-3,5-18H2,1H3/t19?,20-,21?,22-. The Hall–Kier alpha value is -0.260. The molecule has 0 radical (unpaired) electrons. The van der Waals surface area contributed by atoms with E-state index in [-0.39, 0.29) is 0 Å². The molecule has 0 N–H and O–H groups in total. The third kappa shape index (κ3) is 6.47. The Morgan fingerprint density at radius 3 is 1.50 bits per heavy atom. The van der Waals surface area contributed by atoms with Crippen LogP contribution in [-0.4, -0.2) is 0 Å². The minimum atomic E-state index is 0.833. The molecule has 0 bridgehead atoms. The third-order valence-corrected chi connectivity index (χ3v) is 6.63. The summed E-state index contributed by atoms with van der Waals surface area (Å²) in [5.74, 6) is 4.03. The van der Waals surface area contributed by atoms with Crippen LogP contribution in [-0.2, 0) is 0 Å². The molecule has 0 nitrogen and oxygen atoms in total. The molecule has 0 amide bonds. The molecule has 2 rings (SSSR count). The zero-order chi connectivity index (χ0) is 15.6. The van der Waals surface area contributed by atoms with Crippen LogP contribution in [0.15, 0.2) is 12.7 Å². The molecule has 0 spiro atoms. The van der Waals surface area contributed by atoms with Crippen LogP contribution in [0.3, 0.4) is 0 Å². The molecule has 2 saturated carbocycles. The van der Waals surface area contributed by atoms with Gasteiger partial charge in [0.2, 0.25) is 0 Å². The molecule has 2 aliphatic rings. The summed E-state index contributed by atoms with van der Waals surface area (Å²) in [6.45, 7) is 6.29. The highest BCUT2D eigenvalue weighted by molar-refractivity contribution is 4.84. The van der Waals surface area contributed by atoms with Crippen molar-refractivity contribution in [3.8, 4) is 0 Å². The summed E-state index contributed by atoms with van der Waals surface area (Å²) >= 11 is 0. The van der Waals surface area contributed by atoms with Gasteiger partial charge < -0.3 is 0 Å². The van der Waals surface area contributed by atoms with E-state index in [1.165, 1.54) is 83.5 Å². The lowest BCUT2D eigenvalue weighted by molar-refractivity contribution is 0.240. The zero-order valence-electron chi connectivity index (χ0n) is 15.2. The highest BCUT2D eigenvalue weighted by atomic mass is 14.3. The van der Waals surface area contributed by atoms with E-state index in [1.807, 2.05) is 0 Å². The van der Waals surface area contributed by atoms with Gasteiger partial charge >= 0.3 is 0 Å². The van der Waals surface area contributed by atoms with Crippen molar-refractivity contribution in [2.24, 2.45) is 23.7 Å². The molecule has 0 atom stereocenters. The Bertz CT molecular complexity index is 276. The minimum absolute atomic E-state index is 0.833. The van der Waals surface area contributed by atoms with Crippen molar-refractivity contribution in [2.45, 2.75) is 103 Å². The van der Waals surface area contributed by atoms with Gasteiger partial charge in [0, 0.05) is 0 Å². The lowest BCUT2D eigenvalue weighted by Gasteiger charge is -2.29. The van der Waals surface area contributed by atoms with Crippen molar-refractivity contribution in [3.63, 3.8) is 0 Å². The van der Waals surface area contributed by atoms with Crippen molar-refractivity contribution >= 4 is 0 Å². The highest BCUT2D eigenvalue weighted by Gasteiger charge is 2.21. The molecule has 0 heteroatoms. The van der Waals surface area contributed by atoms with Crippen LogP contribution in [0.2, 0.25) is 0 Å². The van der Waals surface area contributed by atoms with Gasteiger partial charge in [0.05, 0.1) is 0 Å². The van der Waals surface area contributed by atoms with Gasteiger partial charge in [-0.1, -0.05) is 83.6 Å². The van der Waals surface area contributed by atoms with Gasteiger partial charge in [-0.25, -0.2) is 0 Å². The molecular formula is C22H40. The number of rotatable bonds is 9. The van der Waals surface area contributed by atoms with E-state index in [9.17, 15) is 0 Å². The van der Waals surface area contributed by atoms with Crippen LogP contribution in [0.25, 0.3) is 0 Å². The van der Waals surface area contributed by atoms with Gasteiger partial charge in [0.25, 0.3) is 0 Å². The van der Waals surface area contributed by atoms with Crippen molar-refractivity contribution < 1.29 is 0 Å². The molecular weight excluding hydrogens is 264 g/mol. The maximum absolute atomic E-state index is 3.96. The minimum Gasteiger partial charge on any atom is -0.103 e. The maximum Gasteiger partial charge on any atom is -0.0236 e. The summed E-state index contributed by atoms with van der Waals surface area (Å²) in [6, 6.07) is 0. The highest BCUT2D eigenvalue weighted by Crippen LogP contribution is 2.36. The monoisotopic (exact) mass is 304 g/mol. The Morgan fingerprint density at radius 1 is 0.682 bits per heavy atom. The summed E-state index contributed by atoms with van der Waals surface area (Å²) in [5, 5.41) is 0. The summed E-state index contributed by atoms with van der Waals surface area (Å²) in [7, 11) is 0. The van der Waals surface area contributed by atoms with Crippen molar-refractivity contribution in [2.75, 3.05) is 0 Å². The van der Waals surface area contributed by atoms with Crippen LogP contribution in [0, 0.1) is 23.7 Å². The fourth-order valence-electron chi connectivity index (χ4n) is 4.88. The summed E-state index contributed by atoms with van der Waals surface area (Å²) in [4.78, 5) is 0. The van der Waals surface area contributed by atoms with E-state index < -0.39 is 0 Å². The zero-order valence-corrected chi connectivity index (χ0v) is 15.2. The van der Waals surface area contributed by atoms with Gasteiger partial charge in [0.1, 0.15) is 0 Å². The maximum atomic E-state index is 3.96. The molecule has 0 aromatic carbocycles. The molecule has 128 valence electrons. The average molecular weight is 305 g/mol. The molecule has 2 aliphatic carbocycles. The fraction of sp³-hybridized carbons (Fsp3) is 0.909. The second-order valence-electron chi connectivity index (χ2n) is 8.33. The first-order valence-corrected chi connectivity index (χ1v) is 10.4. The van der Waals surface area contributed by atoms with Crippen LogP contribution >= 0.6 is 0 Å². The summed E-state index contributed by atoms with van der Waals surface area (Å²) in [5.41, 5.74) is 0. The Labute approximate surface area is 140 Å². The number of allylic oxidation sites excluding steroid dienone is 1. The molecule has 0 unspecified atom stereocenters. The number of hydrogen-bond acceptors (Lipinski definition) is 0. The van der Waals surface area contributed by atoms with Gasteiger partial charge in [-0.3, -0.25) is 0 Å². The van der Waals surface area contributed by atoms with Crippen LogP contribution in [0.1, 0.15) is 103 Å². The van der Waals surface area contributed by atoms with Crippen molar-refractivity contribution in [1.29, 1.82) is 0 Å². The largest absolute Gasteiger partial charge is 0.103 e. The lowest BCUT2D eigenvalue weighted by Crippen LogP contribution is -2.15. The molecule has 0 aromatic heterocycles. The molecule has 2 fully saturated rings. The van der Waals surface area contributed by atoms with E-state index in [2.05, 4.69) is 19.6 Å². The first kappa shape index (κ1) is 18.1. The predicted octanol–water partition coefficient (Wildman–Crippen LogP) is 7.54. The second kappa shape index (κ2) is 10.5. The SMILES string of the molecule is C=CC1CCC(CCCC[C@H]2CC[C@H](CCCC)CC2)CC1. The van der Waals surface area contributed by atoms with E-state index in [4.69, 9.17) is 0 Å². The Morgan fingerprint density at radius 2 is 1.09 bits per heavy atom. The van der Waals surface area contributed by atoms with E-state index in [0.717, 1.165) is 23.7 Å². The van der Waals surface area contributed by atoms with Crippen molar-refractivity contribution in [1.82, 2.24) is 0 Å². The number of hydrogen-bond donors (Lipinski definition) is 0. The average Bonchev–Trinajstić information content (AvgIpc) is 2.58. The smallest absolute Gasteiger partial charge is 0.0236 e. The molecule has 0 aliphatic heterocycles. The molecule has 0 saturated heterocycles. The quantitative estimate of drug-likeness (QED) is 0.305. The van der Waals surface area contributed by atoms with Crippen LogP contribution < -0.4 is 0 Å². The predicted molar refractivity (Wildman–Crippen MR) is 99.1 cm³/mol. The van der Waals surface area contributed by atoms with Crippen molar-refractivity contribution in [3.05, 3.63) is 12.7 Å². The molecule has 22 heavy (non-hydrogen) atoms. The summed E-state index contributed by atoms with van der Waals surface area (Å²) in [6.07, 6.45) is 24.5. The normalized spacial score (nSPS) is 32.8. The van der Waals surface area contributed by atoms with E-state index in [1.54, 1.807) is 12.8 Å². The van der Waals surface area contributed by atoms with Gasteiger partial charge in [-0.15, -0.1) is 6.58 Å². The fourth-order valence-corrected chi connectivity index (χ4v) is 4.88. The summed E-state index contributed by atoms with van der Waals surface area (Å²) < 4.78 is 0. The first-order valence-electron chi connectivity index (χ1n) is 10.4. The van der Waals surface area contributed by atoms with Crippen LogP contribution in [0.4, 0.5) is 0 Å². The van der Waals surface area contributed by atoms with Crippen LogP contribution in [0.5, 0.6) is 0 Å². The van der Waals surface area contributed by atoms with Gasteiger partial charge in [-0.05, 0) is 49.4 Å². The molecule has 0 heterocycles.